The third kappa shape index (κ3) is 3.29. The van der Waals surface area contributed by atoms with Gasteiger partial charge in [0.05, 0.1) is 12.0 Å². The molecule has 1 N–H and O–H groups in total. The van der Waals surface area contributed by atoms with Gasteiger partial charge in [-0.05, 0) is 42.3 Å². The first-order valence-electron chi connectivity index (χ1n) is 13.3. The monoisotopic (exact) mass is 528 g/mol. The summed E-state index contributed by atoms with van der Waals surface area (Å²) in [5, 5.41) is 2.93. The van der Waals surface area contributed by atoms with Crippen LogP contribution in [-0.4, -0.2) is 29.6 Å². The minimum Gasteiger partial charge on any atom is -0.352 e. The number of benzene rings is 4. The van der Waals surface area contributed by atoms with Crippen LogP contribution in [0.25, 0.3) is 6.08 Å². The predicted molar refractivity (Wildman–Crippen MR) is 152 cm³/mol. The van der Waals surface area contributed by atoms with Crippen molar-refractivity contribution in [2.45, 2.75) is 24.4 Å². The van der Waals surface area contributed by atoms with Crippen molar-refractivity contribution in [2.75, 3.05) is 10.2 Å². The molecule has 40 heavy (non-hydrogen) atoms. The van der Waals surface area contributed by atoms with Crippen LogP contribution in [0.15, 0.2) is 103 Å². The van der Waals surface area contributed by atoms with Gasteiger partial charge in [-0.25, -0.2) is 4.39 Å². The molecule has 5 nitrogen and oxygen atoms in total. The summed E-state index contributed by atoms with van der Waals surface area (Å²) in [5.74, 6) is -2.66. The molecule has 0 aromatic heterocycles. The zero-order valence-electron chi connectivity index (χ0n) is 21.7. The number of para-hydroxylation sites is 1. The Morgan fingerprint density at radius 3 is 2.33 bits per heavy atom. The minimum absolute atomic E-state index is 0.268. The Balaban J connectivity index is 1.55. The largest absolute Gasteiger partial charge is 0.352 e. The van der Waals surface area contributed by atoms with E-state index in [1.165, 1.54) is 18.2 Å². The molecular weight excluding hydrogens is 503 g/mol. The second-order valence-corrected chi connectivity index (χ2v) is 10.7. The van der Waals surface area contributed by atoms with Gasteiger partial charge in [-0.1, -0.05) is 90.5 Å². The van der Waals surface area contributed by atoms with Crippen molar-refractivity contribution < 1.29 is 18.8 Å². The smallest absolute Gasteiger partial charge is 0.238 e. The van der Waals surface area contributed by atoms with Crippen LogP contribution in [0.5, 0.6) is 0 Å². The Kier molecular flexibility index (Phi) is 5.36. The first-order valence-corrected chi connectivity index (χ1v) is 13.3. The number of halogens is 1. The first-order chi connectivity index (χ1) is 19.4. The highest BCUT2D eigenvalue weighted by molar-refractivity contribution is 6.18. The number of anilines is 2. The first kappa shape index (κ1) is 24.2. The van der Waals surface area contributed by atoms with Crippen LogP contribution in [-0.2, 0) is 10.2 Å². The van der Waals surface area contributed by atoms with Crippen molar-refractivity contribution in [1.29, 1.82) is 0 Å². The van der Waals surface area contributed by atoms with Crippen molar-refractivity contribution in [3.05, 3.63) is 137 Å². The van der Waals surface area contributed by atoms with Gasteiger partial charge < -0.3 is 10.2 Å². The van der Waals surface area contributed by atoms with Crippen molar-refractivity contribution in [3.63, 3.8) is 0 Å². The molecular formula is C34H25FN2O3. The number of Topliss-reactive ketones (excluding diaryl/α,β-unsaturated/α-hetero) is 2. The Morgan fingerprint density at radius 1 is 0.850 bits per heavy atom. The Labute approximate surface area is 231 Å². The maximum Gasteiger partial charge on any atom is 0.238 e. The summed E-state index contributed by atoms with van der Waals surface area (Å²) in [6.07, 6.45) is 3.81. The topological polar surface area (TPSA) is 66.5 Å². The molecule has 3 heterocycles. The van der Waals surface area contributed by atoms with Gasteiger partial charge in [-0.2, -0.15) is 0 Å². The molecule has 196 valence electrons. The molecule has 1 spiro atoms. The normalized spacial score (nSPS) is 23.9. The van der Waals surface area contributed by atoms with Gasteiger partial charge in [0.25, 0.3) is 0 Å². The van der Waals surface area contributed by atoms with E-state index >= 15 is 0 Å². The van der Waals surface area contributed by atoms with E-state index in [4.69, 9.17) is 0 Å². The van der Waals surface area contributed by atoms with Crippen LogP contribution in [0.3, 0.4) is 0 Å². The number of carbonyl (C=O) groups excluding carboxylic acids is 3. The molecule has 1 fully saturated rings. The number of fused-ring (bicyclic) bond motifs is 6. The molecule has 3 aliphatic rings. The summed E-state index contributed by atoms with van der Waals surface area (Å²) in [6.45, 7) is 1.93. The summed E-state index contributed by atoms with van der Waals surface area (Å²) in [5.41, 5.74) is 2.75. The molecule has 0 bridgehead atoms. The van der Waals surface area contributed by atoms with E-state index in [1.54, 1.807) is 36.4 Å². The summed E-state index contributed by atoms with van der Waals surface area (Å²) in [7, 11) is 0. The molecule has 6 heteroatoms. The van der Waals surface area contributed by atoms with Crippen LogP contribution in [0.2, 0.25) is 0 Å². The summed E-state index contributed by atoms with van der Waals surface area (Å²) >= 11 is 0. The van der Waals surface area contributed by atoms with Crippen molar-refractivity contribution >= 4 is 34.9 Å². The van der Waals surface area contributed by atoms with Crippen molar-refractivity contribution in [2.24, 2.45) is 5.92 Å². The van der Waals surface area contributed by atoms with Crippen LogP contribution in [0.1, 0.15) is 37.4 Å². The highest BCUT2D eigenvalue weighted by Gasteiger charge is 2.70. The molecule has 1 unspecified atom stereocenters. The zero-order chi connectivity index (χ0) is 27.6. The lowest BCUT2D eigenvalue weighted by atomic mass is 9.64. The van der Waals surface area contributed by atoms with E-state index in [2.05, 4.69) is 5.32 Å². The molecule has 4 aromatic carbocycles. The SMILES string of the molecule is Cc1ccc(C(=O)[C@H]2[C@H](C(=O)c3ccccc3)N3c4ccccc4C=CC3[C@]23C(=O)Nc2ccc(F)cc23)cc1. The molecule has 0 saturated carbocycles. The van der Waals surface area contributed by atoms with Crippen LogP contribution in [0.4, 0.5) is 15.8 Å². The Hall–Kier alpha value is -4.84. The number of nitrogens with one attached hydrogen (secondary N) is 1. The maximum absolute atomic E-state index is 14.9. The zero-order valence-corrected chi connectivity index (χ0v) is 21.7. The van der Waals surface area contributed by atoms with Crippen LogP contribution < -0.4 is 10.2 Å². The quantitative estimate of drug-likeness (QED) is 0.331. The van der Waals surface area contributed by atoms with Gasteiger partial charge in [0, 0.05) is 22.5 Å². The number of carbonyl (C=O) groups is 3. The van der Waals surface area contributed by atoms with Gasteiger partial charge in [0.2, 0.25) is 5.91 Å². The lowest BCUT2D eigenvalue weighted by Gasteiger charge is -2.37. The van der Waals surface area contributed by atoms with Crippen molar-refractivity contribution in [3.8, 4) is 0 Å². The fraction of sp³-hybridized carbons (Fsp3) is 0.147. The molecule has 1 saturated heterocycles. The minimum atomic E-state index is -1.54. The fourth-order valence-corrected chi connectivity index (χ4v) is 6.81. The second-order valence-electron chi connectivity index (χ2n) is 10.7. The number of amides is 1. The third-order valence-corrected chi connectivity index (χ3v) is 8.54. The lowest BCUT2D eigenvalue weighted by Crippen LogP contribution is -2.51. The molecule has 0 aliphatic carbocycles. The molecule has 4 atom stereocenters. The van der Waals surface area contributed by atoms with Crippen LogP contribution >= 0.6 is 0 Å². The summed E-state index contributed by atoms with van der Waals surface area (Å²) < 4.78 is 14.9. The second kappa shape index (κ2) is 8.85. The maximum atomic E-state index is 14.9. The van der Waals surface area contributed by atoms with E-state index in [1.807, 2.05) is 66.4 Å². The van der Waals surface area contributed by atoms with Crippen molar-refractivity contribution in [1.82, 2.24) is 0 Å². The summed E-state index contributed by atoms with van der Waals surface area (Å²) in [6, 6.07) is 26.1. The average Bonchev–Trinajstić information content (AvgIpc) is 3.45. The van der Waals surface area contributed by atoms with E-state index in [-0.39, 0.29) is 11.6 Å². The fourth-order valence-electron chi connectivity index (χ4n) is 6.81. The average molecular weight is 529 g/mol. The van der Waals surface area contributed by atoms with Gasteiger partial charge >= 0.3 is 0 Å². The Morgan fingerprint density at radius 2 is 1.55 bits per heavy atom. The molecule has 0 radical (unpaired) electrons. The standard InChI is InChI=1S/C34H25FN2O3/c1-20-11-13-23(14-12-20)31(38)29-30(32(39)22-8-3-2-4-9-22)37-27-10-6-5-7-21(27)15-18-28(37)34(29)25-19-24(35)16-17-26(25)36-33(34)40/h2-19,28-30H,1H3,(H,36,40)/t28?,29-,30-,34+/m1/s1. The highest BCUT2D eigenvalue weighted by atomic mass is 19.1. The van der Waals surface area contributed by atoms with E-state index < -0.39 is 35.1 Å². The van der Waals surface area contributed by atoms with Gasteiger partial charge in [-0.3, -0.25) is 14.4 Å². The molecule has 1 amide bonds. The number of hydrogen-bond acceptors (Lipinski definition) is 4. The lowest BCUT2D eigenvalue weighted by molar-refractivity contribution is -0.121. The van der Waals surface area contributed by atoms with E-state index in [0.29, 0.717) is 22.4 Å². The van der Waals surface area contributed by atoms with Crippen LogP contribution in [0, 0.1) is 18.7 Å². The van der Waals surface area contributed by atoms with E-state index in [9.17, 15) is 18.8 Å². The number of aryl methyl sites for hydroxylation is 1. The number of ketones is 2. The number of nitrogens with zero attached hydrogens (tertiary/aromatic N) is 1. The number of hydrogen-bond donors (Lipinski definition) is 1. The van der Waals surface area contributed by atoms with Gasteiger partial charge in [-0.15, -0.1) is 0 Å². The van der Waals surface area contributed by atoms with Gasteiger partial charge in [0.1, 0.15) is 17.3 Å². The third-order valence-electron chi connectivity index (χ3n) is 8.54. The molecule has 7 rings (SSSR count). The summed E-state index contributed by atoms with van der Waals surface area (Å²) in [4.78, 5) is 45.4. The molecule has 4 aromatic rings. The molecule has 3 aliphatic heterocycles. The Bertz CT molecular complexity index is 1730. The highest BCUT2D eigenvalue weighted by Crippen LogP contribution is 2.58. The predicted octanol–water partition coefficient (Wildman–Crippen LogP) is 5.99. The van der Waals surface area contributed by atoms with E-state index in [0.717, 1.165) is 16.8 Å². The number of rotatable bonds is 4. The van der Waals surface area contributed by atoms with Gasteiger partial charge in [0.15, 0.2) is 11.6 Å².